The summed E-state index contributed by atoms with van der Waals surface area (Å²) < 4.78 is 0. The van der Waals surface area contributed by atoms with Gasteiger partial charge >= 0.3 is 0 Å². The van der Waals surface area contributed by atoms with Crippen LogP contribution in [0, 0.1) is 6.07 Å². The second-order valence-corrected chi connectivity index (χ2v) is 14.8. The van der Waals surface area contributed by atoms with Crippen molar-refractivity contribution in [3.05, 3.63) is 162 Å². The molecule has 0 fully saturated rings. The van der Waals surface area contributed by atoms with Crippen LogP contribution in [0.5, 0.6) is 0 Å². The van der Waals surface area contributed by atoms with Crippen molar-refractivity contribution in [2.75, 3.05) is 0 Å². The molecular formula is C50H46IrN-. The average Bonchev–Trinajstić information content (AvgIpc) is 3.41. The van der Waals surface area contributed by atoms with Gasteiger partial charge in [0.15, 0.2) is 0 Å². The summed E-state index contributed by atoms with van der Waals surface area (Å²) in [5.74, 6) is 0. The molecule has 0 spiro atoms. The number of unbranched alkanes of at least 4 members (excludes halogenated alkanes) is 5. The normalized spacial score (nSPS) is 12.7. The Hall–Kier alpha value is -4.62. The van der Waals surface area contributed by atoms with Crippen LogP contribution in [0.2, 0.25) is 0 Å². The van der Waals surface area contributed by atoms with Gasteiger partial charge in [0, 0.05) is 25.5 Å². The van der Waals surface area contributed by atoms with Crippen molar-refractivity contribution in [1.29, 1.82) is 0 Å². The Balaban J connectivity index is 0.00000420. The van der Waals surface area contributed by atoms with Crippen molar-refractivity contribution in [1.82, 2.24) is 4.98 Å². The van der Waals surface area contributed by atoms with Crippen molar-refractivity contribution >= 4 is 10.9 Å². The van der Waals surface area contributed by atoms with Gasteiger partial charge in [-0.15, -0.1) is 29.3 Å². The molecule has 261 valence electrons. The van der Waals surface area contributed by atoms with Gasteiger partial charge in [-0.3, -0.25) is 4.98 Å². The van der Waals surface area contributed by atoms with Crippen LogP contribution in [0.25, 0.3) is 66.7 Å². The van der Waals surface area contributed by atoms with Gasteiger partial charge in [-0.2, -0.15) is 0 Å². The van der Waals surface area contributed by atoms with E-state index in [0.29, 0.717) is 0 Å². The summed E-state index contributed by atoms with van der Waals surface area (Å²) in [7, 11) is 0. The zero-order valence-electron chi connectivity index (χ0n) is 30.5. The first kappa shape index (κ1) is 35.8. The van der Waals surface area contributed by atoms with E-state index in [9.17, 15) is 0 Å². The molecule has 2 heteroatoms. The Morgan fingerprint density at radius 2 is 1.17 bits per heavy atom. The standard InChI is InChI=1S/C50H46N.Ir/c1-4-5-6-7-8-10-15-35-20-22-37(23-21-35)38-24-26-39(27-25-38)44-34-49(51-48-31-29-40(32-45(44)48)36-16-11-9-12-17-36)41-28-30-43-42-18-13-14-19-46(42)50(2,3)47(43)33-41;/h9,11-14,16-27,29-34H,4-8,10,15H2,1-3H3;/q-1;. The second kappa shape index (κ2) is 15.5. The summed E-state index contributed by atoms with van der Waals surface area (Å²) in [6.07, 6.45) is 9.18. The molecular weight excluding hydrogens is 807 g/mol. The number of rotatable bonds is 11. The summed E-state index contributed by atoms with van der Waals surface area (Å²) in [5, 5.41) is 1.15. The minimum absolute atomic E-state index is 0. The largest absolute Gasteiger partial charge is 0.296 e. The van der Waals surface area contributed by atoms with E-state index in [0.717, 1.165) is 22.2 Å². The van der Waals surface area contributed by atoms with E-state index in [1.807, 2.05) is 0 Å². The van der Waals surface area contributed by atoms with E-state index in [1.54, 1.807) is 0 Å². The zero-order chi connectivity index (χ0) is 34.8. The second-order valence-electron chi connectivity index (χ2n) is 14.8. The number of fused-ring (bicyclic) bond motifs is 4. The SMILES string of the molecule is CCCCCCCCc1ccc(-c2ccc(-c3cc(-c4[c-]cc5c(c4)C(C)(C)c4ccccc4-5)nc4ccc(-c5ccccc5)cc34)cc2)cc1.[Ir]. The van der Waals surface area contributed by atoms with E-state index in [-0.39, 0.29) is 25.5 Å². The molecule has 0 N–H and O–H groups in total. The molecule has 0 amide bonds. The molecule has 1 heterocycles. The van der Waals surface area contributed by atoms with Crippen molar-refractivity contribution < 1.29 is 20.1 Å². The number of nitrogens with zero attached hydrogens (tertiary/aromatic N) is 1. The predicted molar refractivity (Wildman–Crippen MR) is 217 cm³/mol. The Labute approximate surface area is 323 Å². The fourth-order valence-corrected chi connectivity index (χ4v) is 8.02. The fraction of sp³-hybridized carbons (Fsp3) is 0.220. The van der Waals surface area contributed by atoms with Crippen LogP contribution >= 0.6 is 0 Å². The first-order valence-corrected chi connectivity index (χ1v) is 18.9. The maximum Gasteiger partial charge on any atom is 0.0602 e. The topological polar surface area (TPSA) is 12.9 Å². The number of pyridine rings is 1. The van der Waals surface area contributed by atoms with Gasteiger partial charge < -0.3 is 0 Å². The van der Waals surface area contributed by atoms with Crippen LogP contribution in [-0.4, -0.2) is 4.98 Å². The van der Waals surface area contributed by atoms with E-state index in [1.165, 1.54) is 106 Å². The van der Waals surface area contributed by atoms with Gasteiger partial charge in [-0.1, -0.05) is 179 Å². The summed E-state index contributed by atoms with van der Waals surface area (Å²) in [6, 6.07) is 54.8. The third-order valence-corrected chi connectivity index (χ3v) is 11.0. The molecule has 0 atom stereocenters. The molecule has 0 saturated heterocycles. The molecule has 0 aliphatic heterocycles. The van der Waals surface area contributed by atoms with Gasteiger partial charge in [0.2, 0.25) is 0 Å². The third kappa shape index (κ3) is 7.08. The molecule has 52 heavy (non-hydrogen) atoms. The van der Waals surface area contributed by atoms with Crippen LogP contribution in [-0.2, 0) is 31.9 Å². The van der Waals surface area contributed by atoms with Crippen LogP contribution in [0.3, 0.4) is 0 Å². The fourth-order valence-electron chi connectivity index (χ4n) is 8.02. The van der Waals surface area contributed by atoms with Gasteiger partial charge in [0.25, 0.3) is 0 Å². The van der Waals surface area contributed by atoms with E-state index in [2.05, 4.69) is 166 Å². The van der Waals surface area contributed by atoms with Crippen LogP contribution in [0.1, 0.15) is 76.0 Å². The average molecular weight is 853 g/mol. The Morgan fingerprint density at radius 1 is 0.538 bits per heavy atom. The van der Waals surface area contributed by atoms with Gasteiger partial charge in [-0.25, -0.2) is 0 Å². The molecule has 1 aliphatic carbocycles. The molecule has 0 bridgehead atoms. The van der Waals surface area contributed by atoms with Crippen LogP contribution in [0.15, 0.2) is 140 Å². The Morgan fingerprint density at radius 3 is 1.94 bits per heavy atom. The molecule has 1 aliphatic rings. The van der Waals surface area contributed by atoms with Crippen molar-refractivity contribution in [2.24, 2.45) is 0 Å². The van der Waals surface area contributed by atoms with Crippen molar-refractivity contribution in [3.8, 4) is 55.8 Å². The molecule has 1 radical (unpaired) electrons. The Bertz CT molecular complexity index is 2300. The van der Waals surface area contributed by atoms with E-state index >= 15 is 0 Å². The van der Waals surface area contributed by atoms with E-state index in [4.69, 9.17) is 4.98 Å². The predicted octanol–water partition coefficient (Wildman–Crippen LogP) is 13.9. The third-order valence-electron chi connectivity index (χ3n) is 11.0. The molecule has 1 nitrogen and oxygen atoms in total. The number of hydrogen-bond acceptors (Lipinski definition) is 1. The smallest absolute Gasteiger partial charge is 0.0602 e. The van der Waals surface area contributed by atoms with E-state index < -0.39 is 0 Å². The minimum atomic E-state index is -0.0810. The summed E-state index contributed by atoms with van der Waals surface area (Å²) in [6.45, 7) is 6.94. The molecule has 8 rings (SSSR count). The van der Waals surface area contributed by atoms with Gasteiger partial charge in [-0.05, 0) is 80.6 Å². The Kier molecular flexibility index (Phi) is 10.7. The quantitative estimate of drug-likeness (QED) is 0.0933. The zero-order valence-corrected chi connectivity index (χ0v) is 32.9. The molecule has 0 saturated carbocycles. The molecule has 1 aromatic heterocycles. The van der Waals surface area contributed by atoms with Gasteiger partial charge in [0.05, 0.1) is 5.52 Å². The summed E-state index contributed by atoms with van der Waals surface area (Å²) >= 11 is 0. The number of benzene rings is 6. The maximum absolute atomic E-state index is 5.27. The summed E-state index contributed by atoms with van der Waals surface area (Å²) in [5.41, 5.74) is 16.9. The summed E-state index contributed by atoms with van der Waals surface area (Å²) in [4.78, 5) is 5.27. The number of hydrogen-bond donors (Lipinski definition) is 0. The van der Waals surface area contributed by atoms with Crippen molar-refractivity contribution in [3.63, 3.8) is 0 Å². The number of aromatic nitrogens is 1. The molecule has 6 aromatic carbocycles. The molecule has 7 aromatic rings. The number of aryl methyl sites for hydroxylation is 1. The monoisotopic (exact) mass is 853 g/mol. The van der Waals surface area contributed by atoms with Crippen LogP contribution < -0.4 is 0 Å². The van der Waals surface area contributed by atoms with Gasteiger partial charge in [0.1, 0.15) is 0 Å². The maximum atomic E-state index is 5.27. The first-order valence-electron chi connectivity index (χ1n) is 18.9. The van der Waals surface area contributed by atoms with Crippen LogP contribution in [0.4, 0.5) is 0 Å². The minimum Gasteiger partial charge on any atom is -0.296 e. The van der Waals surface area contributed by atoms with Crippen molar-refractivity contribution in [2.45, 2.75) is 71.1 Å². The first-order chi connectivity index (χ1) is 25.0. The molecule has 0 unspecified atom stereocenters.